The van der Waals surface area contributed by atoms with Crippen LogP contribution in [0.3, 0.4) is 0 Å². The lowest BCUT2D eigenvalue weighted by atomic mass is 9.96. The molecule has 8 heteroatoms. The van der Waals surface area contributed by atoms with E-state index in [0.717, 1.165) is 36.2 Å². The molecule has 0 saturated carbocycles. The SMILES string of the molecule is CCCC(=O)N1CCc2c(c(C(=O)N3CCC[C@@H](C(=O)Nc4ccccc4)C3)nn2C)C1. The van der Waals surface area contributed by atoms with Gasteiger partial charge in [-0.25, -0.2) is 0 Å². The van der Waals surface area contributed by atoms with Crippen LogP contribution in [0.2, 0.25) is 0 Å². The fourth-order valence-corrected chi connectivity index (χ4v) is 4.64. The molecule has 32 heavy (non-hydrogen) atoms. The Morgan fingerprint density at radius 1 is 1.12 bits per heavy atom. The average molecular weight is 438 g/mol. The van der Waals surface area contributed by atoms with Gasteiger partial charge in [-0.1, -0.05) is 25.1 Å². The van der Waals surface area contributed by atoms with Crippen molar-refractivity contribution in [2.24, 2.45) is 13.0 Å². The molecule has 2 aliphatic heterocycles. The Kier molecular flexibility index (Phi) is 6.58. The summed E-state index contributed by atoms with van der Waals surface area (Å²) in [4.78, 5) is 42.2. The summed E-state index contributed by atoms with van der Waals surface area (Å²) in [6.45, 7) is 4.06. The first-order valence-corrected chi connectivity index (χ1v) is 11.5. The number of fused-ring (bicyclic) bond motifs is 1. The van der Waals surface area contributed by atoms with E-state index in [-0.39, 0.29) is 23.6 Å². The highest BCUT2D eigenvalue weighted by molar-refractivity contribution is 5.96. The van der Waals surface area contributed by atoms with Crippen molar-refractivity contribution >= 4 is 23.4 Å². The van der Waals surface area contributed by atoms with Crippen molar-refractivity contribution in [2.75, 3.05) is 25.0 Å². The third-order valence-electron chi connectivity index (χ3n) is 6.38. The number of carbonyl (C=O) groups is 3. The van der Waals surface area contributed by atoms with E-state index in [4.69, 9.17) is 0 Å². The van der Waals surface area contributed by atoms with Gasteiger partial charge in [-0.3, -0.25) is 19.1 Å². The van der Waals surface area contributed by atoms with Crippen molar-refractivity contribution < 1.29 is 14.4 Å². The van der Waals surface area contributed by atoms with Gasteiger partial charge in [-0.05, 0) is 31.4 Å². The molecule has 170 valence electrons. The number of amides is 3. The van der Waals surface area contributed by atoms with Gasteiger partial charge >= 0.3 is 0 Å². The highest BCUT2D eigenvalue weighted by Crippen LogP contribution is 2.26. The zero-order valence-corrected chi connectivity index (χ0v) is 18.8. The zero-order valence-electron chi connectivity index (χ0n) is 18.8. The van der Waals surface area contributed by atoms with Gasteiger partial charge in [0.15, 0.2) is 5.69 Å². The number of nitrogens with zero attached hydrogens (tertiary/aromatic N) is 4. The van der Waals surface area contributed by atoms with E-state index in [9.17, 15) is 14.4 Å². The molecule has 2 aliphatic rings. The second kappa shape index (κ2) is 9.54. The highest BCUT2D eigenvalue weighted by Gasteiger charge is 2.34. The van der Waals surface area contributed by atoms with Crippen LogP contribution in [0.4, 0.5) is 5.69 Å². The smallest absolute Gasteiger partial charge is 0.274 e. The molecule has 0 radical (unpaired) electrons. The third kappa shape index (κ3) is 4.54. The van der Waals surface area contributed by atoms with E-state index in [1.54, 1.807) is 9.58 Å². The van der Waals surface area contributed by atoms with Crippen molar-refractivity contribution in [1.29, 1.82) is 0 Å². The number of para-hydroxylation sites is 1. The van der Waals surface area contributed by atoms with Crippen LogP contribution in [0.1, 0.15) is 54.4 Å². The Morgan fingerprint density at radius 3 is 2.66 bits per heavy atom. The van der Waals surface area contributed by atoms with Crippen LogP contribution in [0, 0.1) is 5.92 Å². The van der Waals surface area contributed by atoms with Crippen molar-refractivity contribution in [3.8, 4) is 0 Å². The van der Waals surface area contributed by atoms with E-state index in [2.05, 4.69) is 10.4 Å². The Balaban J connectivity index is 1.47. The van der Waals surface area contributed by atoms with Crippen molar-refractivity contribution in [1.82, 2.24) is 19.6 Å². The second-order valence-electron chi connectivity index (χ2n) is 8.66. The van der Waals surface area contributed by atoms with E-state index >= 15 is 0 Å². The number of aryl methyl sites for hydroxylation is 1. The lowest BCUT2D eigenvalue weighted by Gasteiger charge is -2.32. The summed E-state index contributed by atoms with van der Waals surface area (Å²) in [5, 5.41) is 7.49. The standard InChI is InChI=1S/C24H31N5O3/c1-3-8-21(30)28-14-12-20-19(16-28)22(26-27(20)2)24(32)29-13-7-9-17(15-29)23(31)25-18-10-5-4-6-11-18/h4-6,10-11,17H,3,7-9,12-16H2,1-2H3,(H,25,31)/t17-/m1/s1. The molecule has 1 aromatic heterocycles. The quantitative estimate of drug-likeness (QED) is 0.779. The topological polar surface area (TPSA) is 87.5 Å². The number of hydrogen-bond acceptors (Lipinski definition) is 4. The summed E-state index contributed by atoms with van der Waals surface area (Å²) < 4.78 is 1.77. The van der Waals surface area contributed by atoms with Gasteiger partial charge < -0.3 is 15.1 Å². The van der Waals surface area contributed by atoms with Gasteiger partial charge in [-0.15, -0.1) is 0 Å². The predicted octanol–water partition coefficient (Wildman–Crippen LogP) is 2.60. The summed E-state index contributed by atoms with van der Waals surface area (Å²) in [5.41, 5.74) is 3.05. The molecule has 1 N–H and O–H groups in total. The van der Waals surface area contributed by atoms with Crippen LogP contribution >= 0.6 is 0 Å². The Hall–Kier alpha value is -3.16. The highest BCUT2D eigenvalue weighted by atomic mass is 16.2. The third-order valence-corrected chi connectivity index (χ3v) is 6.38. The Labute approximate surface area is 188 Å². The van der Waals surface area contributed by atoms with Crippen LogP contribution in [0.15, 0.2) is 30.3 Å². The van der Waals surface area contributed by atoms with Gasteiger partial charge in [0.2, 0.25) is 11.8 Å². The minimum Gasteiger partial charge on any atom is -0.338 e. The number of nitrogens with one attached hydrogen (secondary N) is 1. The molecule has 4 rings (SSSR count). The normalized spacial score (nSPS) is 18.2. The molecule has 3 amide bonds. The Bertz CT molecular complexity index is 1000. The van der Waals surface area contributed by atoms with Crippen LogP contribution < -0.4 is 5.32 Å². The van der Waals surface area contributed by atoms with Gasteiger partial charge in [-0.2, -0.15) is 5.10 Å². The molecule has 0 bridgehead atoms. The number of benzene rings is 1. The molecule has 1 atom stereocenters. The molecule has 0 unspecified atom stereocenters. The number of rotatable bonds is 5. The van der Waals surface area contributed by atoms with E-state index < -0.39 is 0 Å². The average Bonchev–Trinajstić information content (AvgIpc) is 3.15. The van der Waals surface area contributed by atoms with Crippen LogP contribution in [-0.4, -0.2) is 56.9 Å². The van der Waals surface area contributed by atoms with Gasteiger partial charge in [0.1, 0.15) is 0 Å². The van der Waals surface area contributed by atoms with Crippen LogP contribution in [0.25, 0.3) is 0 Å². The Morgan fingerprint density at radius 2 is 1.91 bits per heavy atom. The lowest BCUT2D eigenvalue weighted by molar-refractivity contribution is -0.132. The number of aromatic nitrogens is 2. The van der Waals surface area contributed by atoms with Crippen molar-refractivity contribution in [3.05, 3.63) is 47.3 Å². The van der Waals surface area contributed by atoms with E-state index in [0.29, 0.717) is 44.7 Å². The minimum absolute atomic E-state index is 0.0620. The largest absolute Gasteiger partial charge is 0.338 e. The molecule has 8 nitrogen and oxygen atoms in total. The molecular weight excluding hydrogens is 406 g/mol. The maximum Gasteiger partial charge on any atom is 0.274 e. The summed E-state index contributed by atoms with van der Waals surface area (Å²) in [6.07, 6.45) is 3.55. The number of hydrogen-bond donors (Lipinski definition) is 1. The number of piperidine rings is 1. The second-order valence-corrected chi connectivity index (χ2v) is 8.66. The summed E-state index contributed by atoms with van der Waals surface area (Å²) in [5.74, 6) is -0.344. The molecule has 0 spiro atoms. The predicted molar refractivity (Wildman–Crippen MR) is 121 cm³/mol. The first-order chi connectivity index (χ1) is 15.5. The summed E-state index contributed by atoms with van der Waals surface area (Å²) in [6, 6.07) is 9.38. The van der Waals surface area contributed by atoms with Crippen molar-refractivity contribution in [2.45, 2.75) is 45.6 Å². The van der Waals surface area contributed by atoms with Gasteiger partial charge in [0.05, 0.1) is 5.92 Å². The van der Waals surface area contributed by atoms with E-state index in [1.165, 1.54) is 0 Å². The van der Waals surface area contributed by atoms with Gasteiger partial charge in [0, 0.05) is 63.0 Å². The first kappa shape index (κ1) is 22.0. The monoisotopic (exact) mass is 437 g/mol. The van der Waals surface area contributed by atoms with Crippen LogP contribution in [0.5, 0.6) is 0 Å². The molecule has 1 saturated heterocycles. The lowest BCUT2D eigenvalue weighted by Crippen LogP contribution is -2.44. The fraction of sp³-hybridized carbons (Fsp3) is 0.500. The maximum absolute atomic E-state index is 13.4. The number of carbonyl (C=O) groups excluding carboxylic acids is 3. The molecular formula is C24H31N5O3. The summed E-state index contributed by atoms with van der Waals surface area (Å²) >= 11 is 0. The maximum atomic E-state index is 13.4. The zero-order chi connectivity index (χ0) is 22.7. The molecule has 3 heterocycles. The molecule has 1 fully saturated rings. The number of likely N-dealkylation sites (tertiary alicyclic amines) is 1. The van der Waals surface area contributed by atoms with Gasteiger partial charge in [0.25, 0.3) is 5.91 Å². The molecule has 0 aliphatic carbocycles. The van der Waals surface area contributed by atoms with E-state index in [1.807, 2.05) is 49.2 Å². The molecule has 2 aromatic rings. The molecule has 1 aromatic carbocycles. The number of anilines is 1. The first-order valence-electron chi connectivity index (χ1n) is 11.5. The fourth-order valence-electron chi connectivity index (χ4n) is 4.64. The van der Waals surface area contributed by atoms with Crippen LogP contribution in [-0.2, 0) is 29.6 Å². The summed E-state index contributed by atoms with van der Waals surface area (Å²) in [7, 11) is 1.85. The van der Waals surface area contributed by atoms with Crippen molar-refractivity contribution in [3.63, 3.8) is 0 Å². The minimum atomic E-state index is -0.255.